The fourth-order valence-electron chi connectivity index (χ4n) is 2.12. The number of aromatic nitrogens is 2. The first-order valence-electron chi connectivity index (χ1n) is 4.81. The maximum absolute atomic E-state index is 4.29. The Morgan fingerprint density at radius 1 is 1.23 bits per heavy atom. The van der Waals surface area contributed by atoms with Crippen molar-refractivity contribution >= 4 is 5.52 Å². The topological polar surface area (TPSA) is 17.3 Å². The fraction of sp³-hybridized carbons (Fsp3) is 0.364. The molecule has 0 unspecified atom stereocenters. The molecule has 0 saturated heterocycles. The molecule has 0 saturated carbocycles. The normalized spacial score (nSPS) is 16.0. The summed E-state index contributed by atoms with van der Waals surface area (Å²) < 4.78 is 2.04. The van der Waals surface area contributed by atoms with Gasteiger partial charge < -0.3 is 0 Å². The molecule has 0 amide bonds. The predicted octanol–water partition coefficient (Wildman–Crippen LogP) is 2.01. The Morgan fingerprint density at radius 2 is 2.15 bits per heavy atom. The SMILES string of the molecule is [c]1cnn2c3c(ccc12)CCCC3. The van der Waals surface area contributed by atoms with Crippen LogP contribution in [-0.2, 0) is 12.8 Å². The molecule has 0 atom stereocenters. The van der Waals surface area contributed by atoms with Crippen LogP contribution < -0.4 is 0 Å². The Bertz CT molecular complexity index is 442. The van der Waals surface area contributed by atoms with Crippen molar-refractivity contribution in [3.05, 3.63) is 35.7 Å². The molecule has 1 aliphatic carbocycles. The molecule has 13 heavy (non-hydrogen) atoms. The van der Waals surface area contributed by atoms with Crippen molar-refractivity contribution in [2.75, 3.05) is 0 Å². The van der Waals surface area contributed by atoms with Gasteiger partial charge in [0.15, 0.2) is 0 Å². The van der Waals surface area contributed by atoms with Gasteiger partial charge in [-0.1, -0.05) is 6.07 Å². The van der Waals surface area contributed by atoms with E-state index < -0.39 is 0 Å². The average molecular weight is 171 g/mol. The summed E-state index contributed by atoms with van der Waals surface area (Å²) in [6, 6.07) is 7.45. The van der Waals surface area contributed by atoms with E-state index in [-0.39, 0.29) is 0 Å². The summed E-state index contributed by atoms with van der Waals surface area (Å²) in [5, 5.41) is 4.29. The maximum atomic E-state index is 4.29. The molecule has 2 aromatic heterocycles. The molecule has 0 N–H and O–H groups in total. The first kappa shape index (κ1) is 7.13. The van der Waals surface area contributed by atoms with Crippen LogP contribution in [0.2, 0.25) is 0 Å². The van der Waals surface area contributed by atoms with Crippen LogP contribution in [0.15, 0.2) is 18.3 Å². The summed E-state index contributed by atoms with van der Waals surface area (Å²) in [4.78, 5) is 0. The Hall–Kier alpha value is -1.31. The molecule has 3 rings (SSSR count). The van der Waals surface area contributed by atoms with Crippen molar-refractivity contribution in [2.45, 2.75) is 25.7 Å². The third-order valence-electron chi connectivity index (χ3n) is 2.79. The van der Waals surface area contributed by atoms with Gasteiger partial charge in [0.2, 0.25) is 0 Å². The molecule has 1 aliphatic rings. The lowest BCUT2D eigenvalue weighted by molar-refractivity contribution is 0.646. The molecule has 2 nitrogen and oxygen atoms in total. The first-order valence-corrected chi connectivity index (χ1v) is 4.81. The molecule has 0 spiro atoms. The van der Waals surface area contributed by atoms with Gasteiger partial charge in [-0.3, -0.25) is 0 Å². The number of hydrogen-bond acceptors (Lipinski definition) is 1. The van der Waals surface area contributed by atoms with E-state index in [0.29, 0.717) is 0 Å². The Kier molecular flexibility index (Phi) is 1.42. The van der Waals surface area contributed by atoms with Crippen molar-refractivity contribution in [2.24, 2.45) is 0 Å². The summed E-state index contributed by atoms with van der Waals surface area (Å²) in [5.74, 6) is 0. The van der Waals surface area contributed by atoms with Gasteiger partial charge >= 0.3 is 0 Å². The highest BCUT2D eigenvalue weighted by Gasteiger charge is 2.12. The third kappa shape index (κ3) is 0.981. The van der Waals surface area contributed by atoms with Gasteiger partial charge in [0, 0.05) is 11.8 Å². The molecular weight excluding hydrogens is 160 g/mol. The van der Waals surface area contributed by atoms with Gasteiger partial charge in [-0.15, -0.1) is 0 Å². The molecule has 2 heteroatoms. The summed E-state index contributed by atoms with van der Waals surface area (Å²) in [5.41, 5.74) is 3.96. The van der Waals surface area contributed by atoms with Crippen LogP contribution in [0.5, 0.6) is 0 Å². The van der Waals surface area contributed by atoms with Crippen molar-refractivity contribution in [3.63, 3.8) is 0 Å². The second kappa shape index (κ2) is 2.59. The minimum Gasteiger partial charge on any atom is -0.237 e. The molecule has 0 bridgehead atoms. The van der Waals surface area contributed by atoms with Crippen LogP contribution in [0.25, 0.3) is 5.52 Å². The zero-order chi connectivity index (χ0) is 8.67. The molecule has 0 aromatic carbocycles. The summed E-state index contributed by atoms with van der Waals surface area (Å²) in [7, 11) is 0. The number of aryl methyl sites for hydroxylation is 2. The van der Waals surface area contributed by atoms with Crippen molar-refractivity contribution < 1.29 is 0 Å². The van der Waals surface area contributed by atoms with E-state index in [0.717, 1.165) is 5.52 Å². The predicted molar refractivity (Wildman–Crippen MR) is 50.7 cm³/mol. The van der Waals surface area contributed by atoms with Gasteiger partial charge in [-0.05, 0) is 37.3 Å². The summed E-state index contributed by atoms with van der Waals surface area (Å²) >= 11 is 0. The van der Waals surface area contributed by atoms with E-state index >= 15 is 0 Å². The van der Waals surface area contributed by atoms with Crippen LogP contribution in [-0.4, -0.2) is 9.61 Å². The number of hydrogen-bond donors (Lipinski definition) is 0. The minimum absolute atomic E-state index is 1.10. The van der Waals surface area contributed by atoms with Crippen LogP contribution >= 0.6 is 0 Å². The first-order chi connectivity index (χ1) is 6.45. The maximum Gasteiger partial charge on any atom is 0.0744 e. The lowest BCUT2D eigenvalue weighted by atomic mass is 9.96. The molecular formula is C11H11N2. The quantitative estimate of drug-likeness (QED) is 0.592. The molecule has 0 fully saturated rings. The van der Waals surface area contributed by atoms with E-state index in [1.165, 1.54) is 36.9 Å². The largest absolute Gasteiger partial charge is 0.237 e. The van der Waals surface area contributed by atoms with Gasteiger partial charge in [0.25, 0.3) is 0 Å². The van der Waals surface area contributed by atoms with Gasteiger partial charge in [-0.25, -0.2) is 4.52 Å². The molecule has 1 radical (unpaired) electrons. The van der Waals surface area contributed by atoms with Crippen LogP contribution in [0.1, 0.15) is 24.1 Å². The second-order valence-electron chi connectivity index (χ2n) is 3.60. The van der Waals surface area contributed by atoms with E-state index in [2.05, 4.69) is 23.3 Å². The number of nitrogens with zero attached hydrogens (tertiary/aromatic N) is 2. The van der Waals surface area contributed by atoms with E-state index in [1.54, 1.807) is 6.20 Å². The lowest BCUT2D eigenvalue weighted by Gasteiger charge is -2.16. The highest BCUT2D eigenvalue weighted by atomic mass is 15.2. The number of rotatable bonds is 0. The van der Waals surface area contributed by atoms with Crippen LogP contribution in [0, 0.1) is 6.07 Å². The molecule has 2 aromatic rings. The third-order valence-corrected chi connectivity index (χ3v) is 2.79. The molecule has 2 heterocycles. The summed E-state index contributed by atoms with van der Waals surface area (Å²) in [6.07, 6.45) is 6.76. The Balaban J connectivity index is 2.34. The van der Waals surface area contributed by atoms with E-state index in [1.807, 2.05) is 4.52 Å². The Morgan fingerprint density at radius 3 is 3.15 bits per heavy atom. The fourth-order valence-corrected chi connectivity index (χ4v) is 2.12. The van der Waals surface area contributed by atoms with Gasteiger partial charge in [0.05, 0.1) is 11.7 Å². The van der Waals surface area contributed by atoms with Crippen LogP contribution in [0.3, 0.4) is 0 Å². The Labute approximate surface area is 77.2 Å². The van der Waals surface area contributed by atoms with Crippen molar-refractivity contribution in [3.8, 4) is 0 Å². The van der Waals surface area contributed by atoms with Gasteiger partial charge in [0.1, 0.15) is 0 Å². The lowest BCUT2D eigenvalue weighted by Crippen LogP contribution is -2.08. The zero-order valence-corrected chi connectivity index (χ0v) is 7.45. The van der Waals surface area contributed by atoms with Gasteiger partial charge in [-0.2, -0.15) is 5.10 Å². The second-order valence-corrected chi connectivity index (χ2v) is 3.60. The van der Waals surface area contributed by atoms with Crippen molar-refractivity contribution in [1.29, 1.82) is 0 Å². The average Bonchev–Trinajstić information content (AvgIpc) is 2.65. The highest BCUT2D eigenvalue weighted by molar-refractivity contribution is 5.47. The number of fused-ring (bicyclic) bond motifs is 3. The minimum atomic E-state index is 1.10. The van der Waals surface area contributed by atoms with E-state index in [4.69, 9.17) is 0 Å². The summed E-state index contributed by atoms with van der Waals surface area (Å²) in [6.45, 7) is 0. The molecule has 65 valence electrons. The highest BCUT2D eigenvalue weighted by Crippen LogP contribution is 2.21. The van der Waals surface area contributed by atoms with Crippen LogP contribution in [0.4, 0.5) is 0 Å². The standard InChI is InChI=1S/C11H11N2/c1-2-4-11-9(3-1)5-6-10-7-8-12-13(10)11/h5-6,8H,1-4H2. The van der Waals surface area contributed by atoms with E-state index in [9.17, 15) is 0 Å². The monoisotopic (exact) mass is 171 g/mol. The smallest absolute Gasteiger partial charge is 0.0744 e. The van der Waals surface area contributed by atoms with Crippen molar-refractivity contribution in [1.82, 2.24) is 9.61 Å². The zero-order valence-electron chi connectivity index (χ0n) is 7.45. The number of pyridine rings is 1. The molecule has 0 aliphatic heterocycles.